The van der Waals surface area contributed by atoms with Gasteiger partial charge in [0.1, 0.15) is 5.75 Å². The van der Waals surface area contributed by atoms with Crippen LogP contribution in [0.4, 0.5) is 0 Å². The number of rotatable bonds is 4. The molecule has 0 amide bonds. The second-order valence-corrected chi connectivity index (χ2v) is 5.06. The number of hydrogen-bond acceptors (Lipinski definition) is 1. The van der Waals surface area contributed by atoms with Crippen LogP contribution in [0.5, 0.6) is 5.75 Å². The van der Waals surface area contributed by atoms with Gasteiger partial charge in [-0.2, -0.15) is 0 Å². The van der Waals surface area contributed by atoms with Crippen molar-refractivity contribution in [3.63, 3.8) is 0 Å². The molecule has 14 heavy (non-hydrogen) atoms. The maximum atomic E-state index is 5.69. The summed E-state index contributed by atoms with van der Waals surface area (Å²) >= 11 is 6.95. The molecule has 1 aromatic rings. The Morgan fingerprint density at radius 1 is 1.36 bits per heavy atom. The van der Waals surface area contributed by atoms with E-state index in [4.69, 9.17) is 4.74 Å². The summed E-state index contributed by atoms with van der Waals surface area (Å²) in [6.45, 7) is 0.878. The summed E-state index contributed by atoms with van der Waals surface area (Å²) in [7, 11) is 0. The van der Waals surface area contributed by atoms with Crippen LogP contribution in [-0.4, -0.2) is 6.61 Å². The Morgan fingerprint density at radius 2 is 2.14 bits per heavy atom. The highest BCUT2D eigenvalue weighted by atomic mass is 79.9. The van der Waals surface area contributed by atoms with Gasteiger partial charge in [-0.05, 0) is 42.5 Å². The Kier molecular flexibility index (Phi) is 3.50. The Labute approximate surface area is 101 Å². The fraction of sp³-hybridized carbons (Fsp3) is 0.455. The van der Waals surface area contributed by atoms with Crippen LogP contribution in [0, 0.1) is 5.92 Å². The minimum absolute atomic E-state index is 0.811. The number of hydrogen-bond donors (Lipinski definition) is 0. The van der Waals surface area contributed by atoms with Gasteiger partial charge >= 0.3 is 0 Å². The minimum Gasteiger partial charge on any atom is -0.493 e. The maximum absolute atomic E-state index is 5.69. The number of ether oxygens (including phenoxy) is 1. The minimum atomic E-state index is 0.811. The molecular weight excluding hydrogens is 308 g/mol. The van der Waals surface area contributed by atoms with E-state index in [9.17, 15) is 0 Å². The fourth-order valence-corrected chi connectivity index (χ4v) is 2.47. The molecular formula is C11H12Br2O. The van der Waals surface area contributed by atoms with Crippen LogP contribution in [0.2, 0.25) is 0 Å². The van der Waals surface area contributed by atoms with Gasteiger partial charge in [-0.3, -0.25) is 0 Å². The molecule has 2 rings (SSSR count). The lowest BCUT2D eigenvalue weighted by Gasteiger charge is -2.07. The topological polar surface area (TPSA) is 9.23 Å². The third kappa shape index (κ3) is 2.74. The second-order valence-electron chi connectivity index (χ2n) is 3.64. The molecule has 0 aliphatic heterocycles. The van der Waals surface area contributed by atoms with Crippen molar-refractivity contribution in [2.24, 2.45) is 5.92 Å². The Bertz CT molecular complexity index is 321. The molecule has 0 aromatic heterocycles. The Hall–Kier alpha value is -0.0200. The number of halogens is 2. The summed E-state index contributed by atoms with van der Waals surface area (Å²) in [5.74, 6) is 1.79. The summed E-state index contributed by atoms with van der Waals surface area (Å²) in [5.41, 5.74) is 1.23. The summed E-state index contributed by atoms with van der Waals surface area (Å²) in [4.78, 5) is 0. The Morgan fingerprint density at radius 3 is 2.79 bits per heavy atom. The van der Waals surface area contributed by atoms with Crippen molar-refractivity contribution in [2.45, 2.75) is 18.2 Å². The predicted molar refractivity (Wildman–Crippen MR) is 65.0 cm³/mol. The lowest BCUT2D eigenvalue weighted by atomic mass is 10.2. The average molecular weight is 320 g/mol. The smallest absolute Gasteiger partial charge is 0.119 e. The monoisotopic (exact) mass is 318 g/mol. The van der Waals surface area contributed by atoms with Crippen LogP contribution < -0.4 is 4.74 Å². The van der Waals surface area contributed by atoms with Gasteiger partial charge in [-0.25, -0.2) is 0 Å². The first kappa shape index (κ1) is 10.5. The van der Waals surface area contributed by atoms with E-state index >= 15 is 0 Å². The molecule has 1 saturated carbocycles. The van der Waals surface area contributed by atoms with Gasteiger partial charge in [0.15, 0.2) is 0 Å². The number of alkyl halides is 1. The molecule has 0 spiro atoms. The van der Waals surface area contributed by atoms with Gasteiger partial charge in [0.25, 0.3) is 0 Å². The lowest BCUT2D eigenvalue weighted by Crippen LogP contribution is -1.99. The molecule has 1 aromatic carbocycles. The standard InChI is InChI=1S/C11H12Br2O/c12-6-9-5-10(3-4-11(9)13)14-7-8-1-2-8/h3-5,8H,1-2,6-7H2. The van der Waals surface area contributed by atoms with Crippen molar-refractivity contribution < 1.29 is 4.74 Å². The summed E-state index contributed by atoms with van der Waals surface area (Å²) in [6, 6.07) is 6.14. The first-order valence-corrected chi connectivity index (χ1v) is 6.68. The van der Waals surface area contributed by atoms with Crippen molar-refractivity contribution in [2.75, 3.05) is 6.61 Å². The quantitative estimate of drug-likeness (QED) is 0.758. The van der Waals surface area contributed by atoms with Gasteiger partial charge in [0, 0.05) is 9.80 Å². The van der Waals surface area contributed by atoms with Gasteiger partial charge < -0.3 is 4.74 Å². The van der Waals surface area contributed by atoms with Crippen molar-refractivity contribution in [3.8, 4) is 5.75 Å². The highest BCUT2D eigenvalue weighted by Gasteiger charge is 2.21. The van der Waals surface area contributed by atoms with Crippen LogP contribution in [0.1, 0.15) is 18.4 Å². The normalized spacial score (nSPS) is 15.6. The molecule has 0 bridgehead atoms. The number of benzene rings is 1. The first-order chi connectivity index (χ1) is 6.79. The molecule has 0 radical (unpaired) electrons. The highest BCUT2D eigenvalue weighted by Crippen LogP contribution is 2.30. The molecule has 1 nitrogen and oxygen atoms in total. The zero-order valence-electron chi connectivity index (χ0n) is 7.80. The van der Waals surface area contributed by atoms with Gasteiger partial charge in [0.2, 0.25) is 0 Å². The van der Waals surface area contributed by atoms with E-state index in [1.54, 1.807) is 0 Å². The van der Waals surface area contributed by atoms with E-state index in [1.165, 1.54) is 18.4 Å². The van der Waals surface area contributed by atoms with Crippen molar-refractivity contribution in [3.05, 3.63) is 28.2 Å². The summed E-state index contributed by atoms with van der Waals surface area (Å²) in [5, 5.41) is 0.855. The summed E-state index contributed by atoms with van der Waals surface area (Å²) in [6.07, 6.45) is 2.67. The molecule has 1 aliphatic carbocycles. The van der Waals surface area contributed by atoms with Crippen LogP contribution in [0.25, 0.3) is 0 Å². The zero-order valence-corrected chi connectivity index (χ0v) is 11.0. The maximum Gasteiger partial charge on any atom is 0.119 e. The third-order valence-electron chi connectivity index (χ3n) is 2.34. The molecule has 76 valence electrons. The summed E-state index contributed by atoms with van der Waals surface area (Å²) < 4.78 is 6.82. The molecule has 1 fully saturated rings. The van der Waals surface area contributed by atoms with Crippen LogP contribution >= 0.6 is 31.9 Å². The lowest BCUT2D eigenvalue weighted by molar-refractivity contribution is 0.299. The molecule has 0 heterocycles. The van der Waals surface area contributed by atoms with Gasteiger partial charge in [-0.15, -0.1) is 0 Å². The van der Waals surface area contributed by atoms with Crippen LogP contribution in [0.3, 0.4) is 0 Å². The molecule has 0 atom stereocenters. The van der Waals surface area contributed by atoms with Gasteiger partial charge in [0.05, 0.1) is 6.61 Å². The zero-order chi connectivity index (χ0) is 9.97. The molecule has 0 unspecified atom stereocenters. The van der Waals surface area contributed by atoms with Crippen LogP contribution in [0.15, 0.2) is 22.7 Å². The van der Waals surface area contributed by atoms with E-state index < -0.39 is 0 Å². The van der Waals surface area contributed by atoms with E-state index in [0.29, 0.717) is 0 Å². The third-order valence-corrected chi connectivity index (χ3v) is 3.72. The van der Waals surface area contributed by atoms with Crippen molar-refractivity contribution >= 4 is 31.9 Å². The molecule has 3 heteroatoms. The molecule has 0 N–H and O–H groups in total. The first-order valence-electron chi connectivity index (χ1n) is 4.77. The molecule has 0 saturated heterocycles. The van der Waals surface area contributed by atoms with Crippen LogP contribution in [-0.2, 0) is 5.33 Å². The highest BCUT2D eigenvalue weighted by molar-refractivity contribution is 9.10. The van der Waals surface area contributed by atoms with E-state index in [1.807, 2.05) is 12.1 Å². The van der Waals surface area contributed by atoms with E-state index in [2.05, 4.69) is 37.9 Å². The fourth-order valence-electron chi connectivity index (χ4n) is 1.24. The predicted octanol–water partition coefficient (Wildman–Crippen LogP) is 4.13. The van der Waals surface area contributed by atoms with Crippen molar-refractivity contribution in [1.29, 1.82) is 0 Å². The second kappa shape index (κ2) is 4.67. The van der Waals surface area contributed by atoms with Crippen molar-refractivity contribution in [1.82, 2.24) is 0 Å². The SMILES string of the molecule is BrCc1cc(OCC2CC2)ccc1Br. The average Bonchev–Trinajstić information content (AvgIpc) is 3.00. The Balaban J connectivity index is 2.01. The van der Waals surface area contributed by atoms with E-state index in [0.717, 1.165) is 28.1 Å². The van der Waals surface area contributed by atoms with Gasteiger partial charge in [-0.1, -0.05) is 31.9 Å². The molecule has 1 aliphatic rings. The largest absolute Gasteiger partial charge is 0.493 e. The van der Waals surface area contributed by atoms with E-state index in [-0.39, 0.29) is 0 Å².